The van der Waals surface area contributed by atoms with Gasteiger partial charge in [-0.05, 0) is 53.2 Å². The van der Waals surface area contributed by atoms with Gasteiger partial charge in [-0.25, -0.2) is 0 Å². The average Bonchev–Trinajstić information content (AvgIpc) is 2.49. The van der Waals surface area contributed by atoms with Gasteiger partial charge in [0.15, 0.2) is 5.78 Å². The van der Waals surface area contributed by atoms with Crippen LogP contribution in [0.15, 0.2) is 18.2 Å². The topological polar surface area (TPSA) is 52.3 Å². The van der Waals surface area contributed by atoms with E-state index in [1.807, 2.05) is 46.8 Å². The van der Waals surface area contributed by atoms with Gasteiger partial charge in [0.1, 0.15) is 0 Å². The average molecular weight is 261 g/mol. The molecule has 1 saturated heterocycles. The fourth-order valence-corrected chi connectivity index (χ4v) is 3.04. The summed E-state index contributed by atoms with van der Waals surface area (Å²) in [5.74, 6) is -0.0524. The minimum absolute atomic E-state index is 0.0942. The zero-order valence-corrected chi connectivity index (χ0v) is 12.4. The molecular formula is C16H23NO2. The number of ether oxygens (including phenoxy) is 1. The van der Waals surface area contributed by atoms with Crippen LogP contribution in [0.5, 0.6) is 0 Å². The van der Waals surface area contributed by atoms with E-state index in [2.05, 4.69) is 0 Å². The lowest BCUT2D eigenvalue weighted by Crippen LogP contribution is -2.34. The Kier molecular flexibility index (Phi) is 3.21. The normalized spacial score (nSPS) is 24.4. The minimum Gasteiger partial charge on any atom is -0.398 e. The van der Waals surface area contributed by atoms with Gasteiger partial charge in [0, 0.05) is 11.3 Å². The maximum absolute atomic E-state index is 12.8. The molecular weight excluding hydrogens is 238 g/mol. The van der Waals surface area contributed by atoms with Gasteiger partial charge >= 0.3 is 0 Å². The van der Waals surface area contributed by atoms with E-state index in [1.54, 1.807) is 6.07 Å². The van der Waals surface area contributed by atoms with Gasteiger partial charge in [0.2, 0.25) is 0 Å². The molecule has 0 amide bonds. The smallest absolute Gasteiger partial charge is 0.170 e. The molecule has 2 N–H and O–H groups in total. The second-order valence-electron chi connectivity index (χ2n) is 6.68. The van der Waals surface area contributed by atoms with Gasteiger partial charge in [-0.3, -0.25) is 4.79 Å². The zero-order chi connectivity index (χ0) is 14.4. The number of carbonyl (C=O) groups is 1. The quantitative estimate of drug-likeness (QED) is 0.656. The lowest BCUT2D eigenvalue weighted by atomic mass is 9.81. The number of rotatable bonds is 2. The number of carbonyl (C=O) groups excluding carboxylic acids is 1. The summed E-state index contributed by atoms with van der Waals surface area (Å²) < 4.78 is 6.00. The summed E-state index contributed by atoms with van der Waals surface area (Å²) in [5.41, 5.74) is 7.47. The van der Waals surface area contributed by atoms with Crippen molar-refractivity contribution in [3.63, 3.8) is 0 Å². The SMILES string of the molecule is Cc1ccc(N)c(C(=O)C2CC(C)(C)OC2(C)C)c1. The van der Waals surface area contributed by atoms with E-state index in [1.165, 1.54) is 0 Å². The first-order valence-corrected chi connectivity index (χ1v) is 6.73. The van der Waals surface area contributed by atoms with Gasteiger partial charge in [0.05, 0.1) is 17.1 Å². The lowest BCUT2D eigenvalue weighted by molar-refractivity contribution is -0.0712. The summed E-state index contributed by atoms with van der Waals surface area (Å²) in [6.07, 6.45) is 0.728. The van der Waals surface area contributed by atoms with Crippen molar-refractivity contribution in [2.24, 2.45) is 5.92 Å². The van der Waals surface area contributed by atoms with Crippen LogP contribution in [0.2, 0.25) is 0 Å². The molecule has 1 heterocycles. The Labute approximate surface area is 115 Å². The highest BCUT2D eigenvalue weighted by atomic mass is 16.5. The fourth-order valence-electron chi connectivity index (χ4n) is 3.04. The number of nitrogen functional groups attached to an aromatic ring is 1. The van der Waals surface area contributed by atoms with Gasteiger partial charge in [-0.1, -0.05) is 11.6 Å². The van der Waals surface area contributed by atoms with Crippen molar-refractivity contribution >= 4 is 11.5 Å². The fraction of sp³-hybridized carbons (Fsp3) is 0.562. The first-order valence-electron chi connectivity index (χ1n) is 6.73. The van der Waals surface area contributed by atoms with E-state index in [4.69, 9.17) is 10.5 Å². The molecule has 1 aliphatic heterocycles. The molecule has 104 valence electrons. The molecule has 0 aliphatic carbocycles. The second kappa shape index (κ2) is 4.34. The lowest BCUT2D eigenvalue weighted by Gasteiger charge is -2.26. The van der Waals surface area contributed by atoms with Crippen molar-refractivity contribution in [3.05, 3.63) is 29.3 Å². The van der Waals surface area contributed by atoms with E-state index in [9.17, 15) is 4.79 Å². The van der Waals surface area contributed by atoms with Crippen LogP contribution in [0.3, 0.4) is 0 Å². The van der Waals surface area contributed by atoms with Crippen LogP contribution in [0.4, 0.5) is 5.69 Å². The predicted octanol–water partition coefficient (Wildman–Crippen LogP) is 3.35. The van der Waals surface area contributed by atoms with Crippen LogP contribution in [0.25, 0.3) is 0 Å². The highest BCUT2D eigenvalue weighted by molar-refractivity contribution is 6.03. The summed E-state index contributed by atoms with van der Waals surface area (Å²) in [6, 6.07) is 5.60. The Bertz CT molecular complexity index is 517. The molecule has 1 aromatic carbocycles. The third-order valence-electron chi connectivity index (χ3n) is 3.86. The number of nitrogens with two attached hydrogens (primary N) is 1. The third kappa shape index (κ3) is 2.66. The Balaban J connectivity index is 2.37. The number of benzene rings is 1. The van der Waals surface area contributed by atoms with E-state index in [0.29, 0.717) is 11.3 Å². The second-order valence-corrected chi connectivity index (χ2v) is 6.68. The van der Waals surface area contributed by atoms with Crippen LogP contribution in [0, 0.1) is 12.8 Å². The molecule has 1 unspecified atom stereocenters. The summed E-state index contributed by atoms with van der Waals surface area (Å²) in [4.78, 5) is 12.8. The molecule has 19 heavy (non-hydrogen) atoms. The maximum Gasteiger partial charge on any atom is 0.170 e. The molecule has 1 aliphatic rings. The van der Waals surface area contributed by atoms with Gasteiger partial charge < -0.3 is 10.5 Å². The van der Waals surface area contributed by atoms with Crippen LogP contribution in [0.1, 0.15) is 50.0 Å². The number of Topliss-reactive ketones (excluding diaryl/α,β-unsaturated/α-hetero) is 1. The van der Waals surface area contributed by atoms with Crippen LogP contribution in [-0.2, 0) is 4.74 Å². The molecule has 3 nitrogen and oxygen atoms in total. The molecule has 3 heteroatoms. The molecule has 0 saturated carbocycles. The Hall–Kier alpha value is -1.35. The highest BCUT2D eigenvalue weighted by Crippen LogP contribution is 2.43. The summed E-state index contributed by atoms with van der Waals surface area (Å²) in [7, 11) is 0. The van der Waals surface area contributed by atoms with Crippen molar-refractivity contribution in [2.45, 2.75) is 52.2 Å². The Morgan fingerprint density at radius 1 is 1.32 bits per heavy atom. The van der Waals surface area contributed by atoms with Crippen LogP contribution >= 0.6 is 0 Å². The number of anilines is 1. The van der Waals surface area contributed by atoms with E-state index in [-0.39, 0.29) is 17.3 Å². The number of hydrogen-bond donors (Lipinski definition) is 1. The molecule has 0 radical (unpaired) electrons. The van der Waals surface area contributed by atoms with Crippen molar-refractivity contribution < 1.29 is 9.53 Å². The molecule has 2 rings (SSSR count). The van der Waals surface area contributed by atoms with Crippen molar-refractivity contribution in [2.75, 3.05) is 5.73 Å². The van der Waals surface area contributed by atoms with E-state index in [0.717, 1.165) is 12.0 Å². The maximum atomic E-state index is 12.8. The summed E-state index contributed by atoms with van der Waals surface area (Å²) in [5, 5.41) is 0. The Morgan fingerprint density at radius 2 is 1.95 bits per heavy atom. The Morgan fingerprint density at radius 3 is 2.47 bits per heavy atom. The monoisotopic (exact) mass is 261 g/mol. The standard InChI is InChI=1S/C16H23NO2/c1-10-6-7-13(17)11(8-10)14(18)12-9-15(2,3)19-16(12,4)5/h6-8,12H,9,17H2,1-5H3. The molecule has 0 aromatic heterocycles. The van der Waals surface area contributed by atoms with Crippen molar-refractivity contribution in [1.29, 1.82) is 0 Å². The van der Waals surface area contributed by atoms with Crippen LogP contribution < -0.4 is 5.73 Å². The number of aryl methyl sites for hydroxylation is 1. The van der Waals surface area contributed by atoms with E-state index >= 15 is 0 Å². The van der Waals surface area contributed by atoms with Gasteiger partial charge in [-0.15, -0.1) is 0 Å². The molecule has 1 fully saturated rings. The highest BCUT2D eigenvalue weighted by Gasteiger charge is 2.49. The van der Waals surface area contributed by atoms with Crippen molar-refractivity contribution in [3.8, 4) is 0 Å². The van der Waals surface area contributed by atoms with Crippen molar-refractivity contribution in [1.82, 2.24) is 0 Å². The van der Waals surface area contributed by atoms with Gasteiger partial charge in [0.25, 0.3) is 0 Å². The zero-order valence-electron chi connectivity index (χ0n) is 12.4. The molecule has 1 atom stereocenters. The molecule has 1 aromatic rings. The summed E-state index contributed by atoms with van der Waals surface area (Å²) in [6.45, 7) is 9.99. The molecule has 0 spiro atoms. The summed E-state index contributed by atoms with van der Waals surface area (Å²) >= 11 is 0. The third-order valence-corrected chi connectivity index (χ3v) is 3.86. The minimum atomic E-state index is -0.448. The predicted molar refractivity (Wildman–Crippen MR) is 77.3 cm³/mol. The van der Waals surface area contributed by atoms with Gasteiger partial charge in [-0.2, -0.15) is 0 Å². The molecule has 0 bridgehead atoms. The van der Waals surface area contributed by atoms with E-state index < -0.39 is 5.60 Å². The first kappa shape index (κ1) is 14.1. The largest absolute Gasteiger partial charge is 0.398 e. The van der Waals surface area contributed by atoms with Crippen LogP contribution in [-0.4, -0.2) is 17.0 Å². The number of hydrogen-bond acceptors (Lipinski definition) is 3. The first-order chi connectivity index (χ1) is 8.62. The number of ketones is 1.